The summed E-state index contributed by atoms with van der Waals surface area (Å²) in [5.41, 5.74) is -2.04. The molecule has 17 heavy (non-hydrogen) atoms. The fraction of sp³-hybridized carbons (Fsp3) is 0.222. The van der Waals surface area contributed by atoms with Gasteiger partial charge in [-0.2, -0.15) is 13.2 Å². The lowest BCUT2D eigenvalue weighted by molar-refractivity contribution is -0.141. The number of rotatable bonds is 0. The quantitative estimate of drug-likeness (QED) is 0.738. The highest BCUT2D eigenvalue weighted by atomic mass is 32.1. The molecule has 0 unspecified atom stereocenters. The van der Waals surface area contributed by atoms with Gasteiger partial charge in [0.05, 0.1) is 5.39 Å². The van der Waals surface area contributed by atoms with Crippen LogP contribution in [0.3, 0.4) is 0 Å². The lowest BCUT2D eigenvalue weighted by Gasteiger charge is -2.08. The Morgan fingerprint density at radius 3 is 2.71 bits per heavy atom. The van der Waals surface area contributed by atoms with Gasteiger partial charge < -0.3 is 9.55 Å². The van der Waals surface area contributed by atoms with Gasteiger partial charge in [0.25, 0.3) is 0 Å². The molecule has 90 valence electrons. The van der Waals surface area contributed by atoms with Gasteiger partial charge in [-0.3, -0.25) is 4.79 Å². The van der Waals surface area contributed by atoms with E-state index in [1.807, 2.05) is 0 Å². The highest BCUT2D eigenvalue weighted by molar-refractivity contribution is 7.71. The number of nitrogens with one attached hydrogen (secondary N) is 1. The number of aromatic nitrogens is 3. The number of fused-ring (bicyclic) bond motifs is 1. The van der Waals surface area contributed by atoms with Gasteiger partial charge in [-0.05, 0) is 12.2 Å². The first-order valence-corrected chi connectivity index (χ1v) is 4.88. The zero-order valence-electron chi connectivity index (χ0n) is 8.50. The summed E-state index contributed by atoms with van der Waals surface area (Å²) in [6.07, 6.45) is -3.27. The van der Waals surface area contributed by atoms with E-state index in [4.69, 9.17) is 12.2 Å². The molecule has 0 saturated heterocycles. The maximum absolute atomic E-state index is 12.4. The van der Waals surface area contributed by atoms with Crippen molar-refractivity contribution < 1.29 is 13.2 Å². The van der Waals surface area contributed by atoms with E-state index in [-0.39, 0.29) is 15.8 Å². The topological polar surface area (TPSA) is 50.7 Å². The average Bonchev–Trinajstić information content (AvgIpc) is 2.19. The van der Waals surface area contributed by atoms with E-state index in [0.717, 1.165) is 0 Å². The van der Waals surface area contributed by atoms with Crippen LogP contribution in [0.4, 0.5) is 13.2 Å². The van der Waals surface area contributed by atoms with Crippen LogP contribution in [0, 0.1) is 4.77 Å². The monoisotopic (exact) mass is 261 g/mol. The minimum Gasteiger partial charge on any atom is -0.335 e. The van der Waals surface area contributed by atoms with E-state index < -0.39 is 17.3 Å². The zero-order valence-corrected chi connectivity index (χ0v) is 9.32. The fourth-order valence-electron chi connectivity index (χ4n) is 1.35. The SMILES string of the molecule is Cn1cc2c(=O)cc(C(F)(F)F)[nH]c2nc1=S. The van der Waals surface area contributed by atoms with E-state index in [9.17, 15) is 18.0 Å². The van der Waals surface area contributed by atoms with Crippen LogP contribution in [-0.4, -0.2) is 14.5 Å². The zero-order chi connectivity index (χ0) is 12.8. The third-order valence-corrected chi connectivity index (χ3v) is 2.57. The molecule has 0 radical (unpaired) electrons. The minimum atomic E-state index is -4.62. The van der Waals surface area contributed by atoms with Gasteiger partial charge in [-0.25, -0.2) is 4.98 Å². The number of hydrogen-bond donors (Lipinski definition) is 1. The number of halogens is 3. The van der Waals surface area contributed by atoms with Crippen molar-refractivity contribution in [2.24, 2.45) is 7.05 Å². The van der Waals surface area contributed by atoms with Crippen LogP contribution >= 0.6 is 12.2 Å². The van der Waals surface area contributed by atoms with Gasteiger partial charge in [-0.15, -0.1) is 0 Å². The molecule has 0 amide bonds. The molecule has 0 aliphatic heterocycles. The summed E-state index contributed by atoms with van der Waals surface area (Å²) in [4.78, 5) is 17.3. The van der Waals surface area contributed by atoms with Crippen molar-refractivity contribution in [3.8, 4) is 0 Å². The van der Waals surface area contributed by atoms with Crippen LogP contribution in [0.15, 0.2) is 17.1 Å². The van der Waals surface area contributed by atoms with Crippen LogP contribution in [-0.2, 0) is 13.2 Å². The van der Waals surface area contributed by atoms with Crippen LogP contribution in [0.1, 0.15) is 5.69 Å². The van der Waals surface area contributed by atoms with Gasteiger partial charge in [0.15, 0.2) is 5.43 Å². The number of pyridine rings is 1. The summed E-state index contributed by atoms with van der Waals surface area (Å²) in [6.45, 7) is 0. The molecular formula is C9H6F3N3OS. The summed E-state index contributed by atoms with van der Waals surface area (Å²) in [6, 6.07) is 0.507. The fourth-order valence-corrected chi connectivity index (χ4v) is 1.49. The average molecular weight is 261 g/mol. The second kappa shape index (κ2) is 3.66. The Labute approximate surface area is 97.7 Å². The second-order valence-electron chi connectivity index (χ2n) is 3.44. The molecule has 0 saturated carbocycles. The first kappa shape index (κ1) is 11.8. The van der Waals surface area contributed by atoms with Crippen LogP contribution in [0.2, 0.25) is 0 Å². The number of aromatic amines is 1. The van der Waals surface area contributed by atoms with E-state index in [0.29, 0.717) is 6.07 Å². The van der Waals surface area contributed by atoms with Crippen molar-refractivity contribution >= 4 is 23.3 Å². The van der Waals surface area contributed by atoms with Crippen molar-refractivity contribution in [2.75, 3.05) is 0 Å². The van der Waals surface area contributed by atoms with Gasteiger partial charge >= 0.3 is 6.18 Å². The highest BCUT2D eigenvalue weighted by Crippen LogP contribution is 2.27. The van der Waals surface area contributed by atoms with Crippen molar-refractivity contribution in [3.63, 3.8) is 0 Å². The molecule has 0 atom stereocenters. The Morgan fingerprint density at radius 1 is 1.47 bits per heavy atom. The van der Waals surface area contributed by atoms with Gasteiger partial charge in [0.2, 0.25) is 4.77 Å². The first-order valence-electron chi connectivity index (χ1n) is 4.47. The summed E-state index contributed by atoms with van der Waals surface area (Å²) in [7, 11) is 1.56. The molecule has 1 N–H and O–H groups in total. The molecule has 2 aromatic rings. The highest BCUT2D eigenvalue weighted by Gasteiger charge is 2.32. The molecule has 0 spiro atoms. The van der Waals surface area contributed by atoms with Crippen molar-refractivity contribution in [2.45, 2.75) is 6.18 Å². The van der Waals surface area contributed by atoms with Crippen LogP contribution in [0.5, 0.6) is 0 Å². The third-order valence-electron chi connectivity index (χ3n) is 2.19. The summed E-state index contributed by atoms with van der Waals surface area (Å²) in [5.74, 6) is 0. The number of aryl methyl sites for hydroxylation is 1. The standard InChI is InChI=1S/C9H6F3N3OS/c1-15-3-4-5(16)2-6(9(10,11)12)13-7(4)14-8(15)17/h2-3H,1H3,(H,13,14,17). The number of H-pyrrole nitrogens is 1. The lowest BCUT2D eigenvalue weighted by Crippen LogP contribution is -2.15. The largest absolute Gasteiger partial charge is 0.431 e. The lowest BCUT2D eigenvalue weighted by atomic mass is 10.2. The smallest absolute Gasteiger partial charge is 0.335 e. The summed E-state index contributed by atoms with van der Waals surface area (Å²) >= 11 is 4.81. The Hall–Kier alpha value is -1.70. The Balaban J connectivity index is 2.88. The van der Waals surface area contributed by atoms with Crippen molar-refractivity contribution in [1.29, 1.82) is 0 Å². The van der Waals surface area contributed by atoms with Gasteiger partial charge in [-0.1, -0.05) is 0 Å². The minimum absolute atomic E-state index is 0.0640. The molecular weight excluding hydrogens is 255 g/mol. The third kappa shape index (κ3) is 2.07. The second-order valence-corrected chi connectivity index (χ2v) is 3.81. The normalized spacial score (nSPS) is 12.0. The Kier molecular flexibility index (Phi) is 2.53. The van der Waals surface area contributed by atoms with E-state index >= 15 is 0 Å². The molecule has 2 aromatic heterocycles. The molecule has 4 nitrogen and oxygen atoms in total. The van der Waals surface area contributed by atoms with E-state index in [1.165, 1.54) is 10.8 Å². The van der Waals surface area contributed by atoms with Gasteiger partial charge in [0, 0.05) is 19.3 Å². The molecule has 0 fully saturated rings. The summed E-state index contributed by atoms with van der Waals surface area (Å²) < 4.78 is 38.8. The van der Waals surface area contributed by atoms with E-state index in [2.05, 4.69) is 9.97 Å². The molecule has 0 aliphatic rings. The summed E-state index contributed by atoms with van der Waals surface area (Å²) in [5, 5.41) is 0.0640. The molecule has 8 heteroatoms. The number of hydrogen-bond acceptors (Lipinski definition) is 3. The predicted molar refractivity (Wildman–Crippen MR) is 57.2 cm³/mol. The first-order chi connectivity index (χ1) is 7.79. The van der Waals surface area contributed by atoms with Gasteiger partial charge in [0.1, 0.15) is 11.3 Å². The predicted octanol–water partition coefficient (Wildman–Crippen LogP) is 2.01. The molecule has 0 aliphatic carbocycles. The van der Waals surface area contributed by atoms with Crippen molar-refractivity contribution in [1.82, 2.24) is 14.5 Å². The molecule has 2 heterocycles. The Morgan fingerprint density at radius 2 is 2.12 bits per heavy atom. The Bertz CT molecular complexity index is 701. The molecule has 0 bridgehead atoms. The molecule has 2 rings (SSSR count). The van der Waals surface area contributed by atoms with Crippen LogP contribution < -0.4 is 5.43 Å². The van der Waals surface area contributed by atoms with Crippen LogP contribution in [0.25, 0.3) is 11.0 Å². The number of alkyl halides is 3. The van der Waals surface area contributed by atoms with E-state index in [1.54, 1.807) is 7.05 Å². The molecule has 0 aromatic carbocycles. The maximum atomic E-state index is 12.4. The maximum Gasteiger partial charge on any atom is 0.431 e. The van der Waals surface area contributed by atoms with Crippen molar-refractivity contribution in [3.05, 3.63) is 33.0 Å². The number of nitrogens with zero attached hydrogens (tertiary/aromatic N) is 2.